The van der Waals surface area contributed by atoms with E-state index >= 15 is 0 Å². The summed E-state index contributed by atoms with van der Waals surface area (Å²) in [5.41, 5.74) is 0.619. The van der Waals surface area contributed by atoms with Crippen LogP contribution in [0.15, 0.2) is 36.0 Å². The molecule has 6 nitrogen and oxygen atoms in total. The van der Waals surface area contributed by atoms with E-state index in [0.29, 0.717) is 35.3 Å². The van der Waals surface area contributed by atoms with Crippen molar-refractivity contribution in [2.45, 2.75) is 49.7 Å². The standard InChI is InChI=1S/C20H23N3O3S/c1-2-10-23-19(14-6-4-3-5-7-14)21-22-20(23)27-12-16(24)15-8-9-17-18(11-15)26-13-25-17/h2,8-9,11,14H,1,3-7,10,12-13H2. The van der Waals surface area contributed by atoms with Crippen molar-refractivity contribution in [3.05, 3.63) is 42.2 Å². The summed E-state index contributed by atoms with van der Waals surface area (Å²) in [5, 5.41) is 9.60. The molecule has 27 heavy (non-hydrogen) atoms. The molecule has 0 radical (unpaired) electrons. The molecule has 0 saturated heterocycles. The van der Waals surface area contributed by atoms with Gasteiger partial charge >= 0.3 is 0 Å². The molecule has 0 N–H and O–H groups in total. The number of carbonyl (C=O) groups excluding carboxylic acids is 1. The molecule has 142 valence electrons. The zero-order valence-corrected chi connectivity index (χ0v) is 16.0. The van der Waals surface area contributed by atoms with Crippen LogP contribution < -0.4 is 9.47 Å². The quantitative estimate of drug-likeness (QED) is 0.404. The number of rotatable bonds is 7. The van der Waals surface area contributed by atoms with Gasteiger partial charge in [-0.25, -0.2) is 0 Å². The van der Waals surface area contributed by atoms with Gasteiger partial charge in [-0.05, 0) is 31.0 Å². The van der Waals surface area contributed by atoms with Crippen molar-refractivity contribution in [3.8, 4) is 11.5 Å². The predicted molar refractivity (Wildman–Crippen MR) is 104 cm³/mol. The second-order valence-corrected chi connectivity index (χ2v) is 7.80. The number of carbonyl (C=O) groups is 1. The molecule has 1 aromatic carbocycles. The van der Waals surface area contributed by atoms with Crippen LogP contribution in [0.1, 0.15) is 54.2 Å². The third kappa shape index (κ3) is 3.88. The molecule has 2 aromatic rings. The average Bonchev–Trinajstić information content (AvgIpc) is 3.33. The number of hydrogen-bond donors (Lipinski definition) is 0. The molecule has 1 aliphatic carbocycles. The van der Waals surface area contributed by atoms with Gasteiger partial charge in [0.1, 0.15) is 5.82 Å². The number of nitrogens with zero attached hydrogens (tertiary/aromatic N) is 3. The Labute approximate surface area is 163 Å². The third-order valence-corrected chi connectivity index (χ3v) is 6.02. The minimum Gasteiger partial charge on any atom is -0.454 e. The predicted octanol–water partition coefficient (Wildman–Crippen LogP) is 4.22. The lowest BCUT2D eigenvalue weighted by Gasteiger charge is -2.21. The second-order valence-electron chi connectivity index (χ2n) is 6.85. The van der Waals surface area contributed by atoms with Crippen molar-refractivity contribution in [2.75, 3.05) is 12.5 Å². The van der Waals surface area contributed by atoms with E-state index in [4.69, 9.17) is 9.47 Å². The van der Waals surface area contributed by atoms with Crippen LogP contribution in [0.4, 0.5) is 0 Å². The Hall–Kier alpha value is -2.28. The highest BCUT2D eigenvalue weighted by Gasteiger charge is 2.23. The number of ketones is 1. The van der Waals surface area contributed by atoms with E-state index in [-0.39, 0.29) is 12.6 Å². The Morgan fingerprint density at radius 3 is 2.85 bits per heavy atom. The lowest BCUT2D eigenvalue weighted by molar-refractivity contribution is 0.102. The number of thioether (sulfide) groups is 1. The zero-order valence-electron chi connectivity index (χ0n) is 15.2. The molecular formula is C20H23N3O3S. The van der Waals surface area contributed by atoms with Gasteiger partial charge in [0.25, 0.3) is 0 Å². The smallest absolute Gasteiger partial charge is 0.231 e. The third-order valence-electron chi connectivity index (χ3n) is 5.05. The van der Waals surface area contributed by atoms with Crippen molar-refractivity contribution in [2.24, 2.45) is 0 Å². The zero-order chi connectivity index (χ0) is 18.6. The van der Waals surface area contributed by atoms with Gasteiger partial charge in [0.05, 0.1) is 5.75 Å². The Morgan fingerprint density at radius 2 is 2.04 bits per heavy atom. The van der Waals surface area contributed by atoms with Crippen molar-refractivity contribution in [1.29, 1.82) is 0 Å². The molecule has 2 aliphatic rings. The maximum atomic E-state index is 12.6. The minimum absolute atomic E-state index is 0.0330. The number of Topliss-reactive ketones (excluding diaryl/α,β-unsaturated/α-hetero) is 1. The second kappa shape index (κ2) is 8.17. The number of allylic oxidation sites excluding steroid dienone is 1. The average molecular weight is 385 g/mol. The van der Waals surface area contributed by atoms with E-state index < -0.39 is 0 Å². The van der Waals surface area contributed by atoms with Crippen LogP contribution in [0.5, 0.6) is 11.5 Å². The molecule has 1 aliphatic heterocycles. The lowest BCUT2D eigenvalue weighted by Crippen LogP contribution is -2.13. The molecule has 0 amide bonds. The van der Waals surface area contributed by atoms with E-state index in [9.17, 15) is 4.79 Å². The van der Waals surface area contributed by atoms with Crippen molar-refractivity contribution >= 4 is 17.5 Å². The van der Waals surface area contributed by atoms with Gasteiger partial charge in [-0.15, -0.1) is 16.8 Å². The van der Waals surface area contributed by atoms with E-state index in [1.165, 1.54) is 31.0 Å². The van der Waals surface area contributed by atoms with Gasteiger partial charge in [-0.1, -0.05) is 37.1 Å². The fourth-order valence-electron chi connectivity index (χ4n) is 3.65. The summed E-state index contributed by atoms with van der Waals surface area (Å²) in [7, 11) is 0. The van der Waals surface area contributed by atoms with Crippen molar-refractivity contribution in [1.82, 2.24) is 14.8 Å². The van der Waals surface area contributed by atoms with Gasteiger partial charge in [0.15, 0.2) is 22.4 Å². The first-order valence-corrected chi connectivity index (χ1v) is 10.3. The van der Waals surface area contributed by atoms with Gasteiger partial charge in [0, 0.05) is 18.0 Å². The molecule has 0 atom stereocenters. The number of benzene rings is 1. The highest BCUT2D eigenvalue weighted by molar-refractivity contribution is 7.99. The summed E-state index contributed by atoms with van der Waals surface area (Å²) >= 11 is 1.43. The van der Waals surface area contributed by atoms with E-state index in [0.717, 1.165) is 23.8 Å². The van der Waals surface area contributed by atoms with Crippen LogP contribution in [0.25, 0.3) is 0 Å². The summed E-state index contributed by atoms with van der Waals surface area (Å²) in [6.07, 6.45) is 7.98. The highest BCUT2D eigenvalue weighted by Crippen LogP contribution is 2.34. The fourth-order valence-corrected chi connectivity index (χ4v) is 4.50. The monoisotopic (exact) mass is 385 g/mol. The van der Waals surface area contributed by atoms with E-state index in [2.05, 4.69) is 21.3 Å². The number of ether oxygens (including phenoxy) is 2. The SMILES string of the molecule is C=CCn1c(SCC(=O)c2ccc3c(c2)OCO3)nnc1C1CCCCC1. The largest absolute Gasteiger partial charge is 0.454 e. The number of aromatic nitrogens is 3. The van der Waals surface area contributed by atoms with E-state index in [1.807, 2.05) is 6.08 Å². The minimum atomic E-state index is 0.0330. The maximum Gasteiger partial charge on any atom is 0.231 e. The van der Waals surface area contributed by atoms with Gasteiger partial charge in [0.2, 0.25) is 6.79 Å². The molecular weight excluding hydrogens is 362 g/mol. The Bertz CT molecular complexity index is 843. The van der Waals surface area contributed by atoms with Crippen LogP contribution in [-0.4, -0.2) is 33.1 Å². The molecule has 1 fully saturated rings. The van der Waals surface area contributed by atoms with E-state index in [1.54, 1.807) is 18.2 Å². The molecule has 1 saturated carbocycles. The van der Waals surface area contributed by atoms with Gasteiger partial charge < -0.3 is 14.0 Å². The highest BCUT2D eigenvalue weighted by atomic mass is 32.2. The summed E-state index contributed by atoms with van der Waals surface area (Å²) in [5.74, 6) is 3.14. The Balaban J connectivity index is 1.46. The van der Waals surface area contributed by atoms with Crippen LogP contribution in [0, 0.1) is 0 Å². The first kappa shape index (κ1) is 18.1. The normalized spacial score (nSPS) is 16.4. The lowest BCUT2D eigenvalue weighted by atomic mass is 9.89. The molecule has 0 bridgehead atoms. The summed E-state index contributed by atoms with van der Waals surface area (Å²) in [4.78, 5) is 12.6. The molecule has 7 heteroatoms. The van der Waals surface area contributed by atoms with Crippen LogP contribution >= 0.6 is 11.8 Å². The van der Waals surface area contributed by atoms with Gasteiger partial charge in [-0.2, -0.15) is 0 Å². The van der Waals surface area contributed by atoms with Crippen LogP contribution in [0.2, 0.25) is 0 Å². The first-order chi connectivity index (χ1) is 13.3. The maximum absolute atomic E-state index is 12.6. The summed E-state index contributed by atoms with van der Waals surface area (Å²) in [6.45, 7) is 4.73. The number of hydrogen-bond acceptors (Lipinski definition) is 6. The van der Waals surface area contributed by atoms with Crippen molar-refractivity contribution in [3.63, 3.8) is 0 Å². The number of fused-ring (bicyclic) bond motifs is 1. The summed E-state index contributed by atoms with van der Waals surface area (Å²) in [6, 6.07) is 5.30. The fraction of sp³-hybridized carbons (Fsp3) is 0.450. The van der Waals surface area contributed by atoms with Gasteiger partial charge in [-0.3, -0.25) is 4.79 Å². The molecule has 4 rings (SSSR count). The van der Waals surface area contributed by atoms with Crippen molar-refractivity contribution < 1.29 is 14.3 Å². The molecule has 1 aromatic heterocycles. The topological polar surface area (TPSA) is 66.2 Å². The van der Waals surface area contributed by atoms with Crippen LogP contribution in [0.3, 0.4) is 0 Å². The molecule has 0 unspecified atom stereocenters. The first-order valence-electron chi connectivity index (χ1n) is 9.36. The van der Waals surface area contributed by atoms with Crippen LogP contribution in [-0.2, 0) is 6.54 Å². The summed E-state index contributed by atoms with van der Waals surface area (Å²) < 4.78 is 12.8. The Kier molecular flexibility index (Phi) is 5.48. The Morgan fingerprint density at radius 1 is 1.22 bits per heavy atom. The molecule has 2 heterocycles. The molecule has 0 spiro atoms.